The van der Waals surface area contributed by atoms with Gasteiger partial charge in [0, 0.05) is 18.9 Å². The summed E-state index contributed by atoms with van der Waals surface area (Å²) in [5, 5.41) is 11.0. The molecule has 0 aromatic heterocycles. The lowest BCUT2D eigenvalue weighted by atomic mass is 10.1. The van der Waals surface area contributed by atoms with Crippen molar-refractivity contribution in [3.8, 4) is 0 Å². The first-order valence-electron chi connectivity index (χ1n) is 4.33. The van der Waals surface area contributed by atoms with Crippen LogP contribution in [-0.4, -0.2) is 29.6 Å². The van der Waals surface area contributed by atoms with E-state index in [1.54, 1.807) is 0 Å². The van der Waals surface area contributed by atoms with Crippen LogP contribution in [0, 0.1) is 0 Å². The van der Waals surface area contributed by atoms with Crippen molar-refractivity contribution < 1.29 is 18.7 Å². The highest BCUT2D eigenvalue weighted by molar-refractivity contribution is 5.66. The van der Waals surface area contributed by atoms with Crippen molar-refractivity contribution in [1.29, 1.82) is 0 Å². The van der Waals surface area contributed by atoms with E-state index in [9.17, 15) is 13.6 Å². The van der Waals surface area contributed by atoms with Crippen molar-refractivity contribution in [2.75, 3.05) is 6.54 Å². The van der Waals surface area contributed by atoms with Gasteiger partial charge in [-0.2, -0.15) is 0 Å². The molecule has 1 atom stereocenters. The third-order valence-electron chi connectivity index (χ3n) is 2.14. The zero-order valence-corrected chi connectivity index (χ0v) is 7.22. The molecule has 3 nitrogen and oxygen atoms in total. The largest absolute Gasteiger partial charge is 0.481 e. The Labute approximate surface area is 75.1 Å². The van der Waals surface area contributed by atoms with E-state index in [1.807, 2.05) is 0 Å². The maximum absolute atomic E-state index is 12.6. The molecule has 13 heavy (non-hydrogen) atoms. The predicted octanol–water partition coefficient (Wildman–Crippen LogP) is 1.24. The monoisotopic (exact) mass is 193 g/mol. The number of aliphatic carboxylic acids is 1. The summed E-state index contributed by atoms with van der Waals surface area (Å²) in [7, 11) is 0. The molecule has 1 rings (SSSR count). The van der Waals surface area contributed by atoms with Crippen LogP contribution >= 0.6 is 0 Å². The van der Waals surface area contributed by atoms with E-state index >= 15 is 0 Å². The van der Waals surface area contributed by atoms with Crippen LogP contribution in [0.2, 0.25) is 0 Å². The molecule has 0 amide bonds. The molecule has 0 spiro atoms. The Bertz CT molecular complexity index is 197. The summed E-state index contributed by atoms with van der Waals surface area (Å²) in [5.74, 6) is -3.47. The minimum absolute atomic E-state index is 0.0593. The molecular formula is C8H13F2NO2. The van der Waals surface area contributed by atoms with Crippen LogP contribution < -0.4 is 5.32 Å². The van der Waals surface area contributed by atoms with Gasteiger partial charge < -0.3 is 10.4 Å². The third-order valence-corrected chi connectivity index (χ3v) is 2.14. The van der Waals surface area contributed by atoms with E-state index in [0.717, 1.165) is 0 Å². The van der Waals surface area contributed by atoms with E-state index < -0.39 is 11.9 Å². The maximum Gasteiger partial charge on any atom is 0.303 e. The van der Waals surface area contributed by atoms with Gasteiger partial charge in [0.05, 0.1) is 6.54 Å². The van der Waals surface area contributed by atoms with Gasteiger partial charge in [0.1, 0.15) is 0 Å². The Balaban J connectivity index is 2.14. The SMILES string of the molecule is O=C(O)CCC[C@@H]1CC(F)(F)CN1. The number of rotatable bonds is 4. The zero-order valence-electron chi connectivity index (χ0n) is 7.22. The van der Waals surface area contributed by atoms with Crippen LogP contribution in [0.25, 0.3) is 0 Å². The second-order valence-electron chi connectivity index (χ2n) is 3.42. The van der Waals surface area contributed by atoms with Crippen molar-refractivity contribution in [3.63, 3.8) is 0 Å². The van der Waals surface area contributed by atoms with E-state index in [1.165, 1.54) is 0 Å². The average molecular weight is 193 g/mol. The molecule has 0 saturated carbocycles. The van der Waals surface area contributed by atoms with Crippen molar-refractivity contribution in [1.82, 2.24) is 5.32 Å². The second-order valence-corrected chi connectivity index (χ2v) is 3.42. The Morgan fingerprint density at radius 2 is 2.31 bits per heavy atom. The first-order chi connectivity index (χ1) is 5.99. The van der Waals surface area contributed by atoms with E-state index in [-0.39, 0.29) is 25.4 Å². The van der Waals surface area contributed by atoms with Gasteiger partial charge in [0.15, 0.2) is 0 Å². The molecule has 0 bridgehead atoms. The Morgan fingerprint density at radius 1 is 1.62 bits per heavy atom. The molecule has 1 heterocycles. The normalized spacial score (nSPS) is 26.2. The summed E-state index contributed by atoms with van der Waals surface area (Å²) in [5.41, 5.74) is 0. The fraction of sp³-hybridized carbons (Fsp3) is 0.875. The van der Waals surface area contributed by atoms with Crippen molar-refractivity contribution in [2.45, 2.75) is 37.6 Å². The van der Waals surface area contributed by atoms with Crippen LogP contribution in [0.4, 0.5) is 8.78 Å². The highest BCUT2D eigenvalue weighted by Crippen LogP contribution is 2.27. The molecule has 1 aliphatic rings. The molecule has 2 N–H and O–H groups in total. The topological polar surface area (TPSA) is 49.3 Å². The highest BCUT2D eigenvalue weighted by atomic mass is 19.3. The van der Waals surface area contributed by atoms with E-state index in [0.29, 0.717) is 12.8 Å². The van der Waals surface area contributed by atoms with Gasteiger partial charge in [0.25, 0.3) is 5.92 Å². The number of carbonyl (C=O) groups is 1. The summed E-state index contributed by atoms with van der Waals surface area (Å²) >= 11 is 0. The molecule has 0 aromatic rings. The van der Waals surface area contributed by atoms with Crippen LogP contribution in [-0.2, 0) is 4.79 Å². The van der Waals surface area contributed by atoms with Gasteiger partial charge in [-0.25, -0.2) is 8.78 Å². The summed E-state index contributed by atoms with van der Waals surface area (Å²) < 4.78 is 25.2. The van der Waals surface area contributed by atoms with Crippen LogP contribution in [0.3, 0.4) is 0 Å². The molecule has 0 radical (unpaired) electrons. The number of carboxylic acids is 1. The maximum atomic E-state index is 12.6. The van der Waals surface area contributed by atoms with Gasteiger partial charge in [-0.05, 0) is 12.8 Å². The average Bonchev–Trinajstić information content (AvgIpc) is 2.29. The molecular weight excluding hydrogens is 180 g/mol. The minimum atomic E-state index is -2.60. The highest BCUT2D eigenvalue weighted by Gasteiger charge is 2.38. The molecule has 0 aliphatic carbocycles. The number of hydrogen-bond acceptors (Lipinski definition) is 2. The fourth-order valence-corrected chi connectivity index (χ4v) is 1.50. The zero-order chi connectivity index (χ0) is 9.90. The fourth-order valence-electron chi connectivity index (χ4n) is 1.50. The van der Waals surface area contributed by atoms with Gasteiger partial charge >= 0.3 is 5.97 Å². The Hall–Kier alpha value is -0.710. The third kappa shape index (κ3) is 3.67. The number of carboxylic acid groups (broad SMARTS) is 1. The molecule has 1 saturated heterocycles. The van der Waals surface area contributed by atoms with Gasteiger partial charge in [0.2, 0.25) is 0 Å². The van der Waals surface area contributed by atoms with Crippen molar-refractivity contribution in [3.05, 3.63) is 0 Å². The molecule has 5 heteroatoms. The van der Waals surface area contributed by atoms with Crippen molar-refractivity contribution >= 4 is 5.97 Å². The standard InChI is InChI=1S/C8H13F2NO2/c9-8(10)4-6(11-5-8)2-1-3-7(12)13/h6,11H,1-5H2,(H,12,13)/t6-/m1/s1. The van der Waals surface area contributed by atoms with Gasteiger partial charge in [-0.1, -0.05) is 0 Å². The Morgan fingerprint density at radius 3 is 2.77 bits per heavy atom. The number of nitrogens with one attached hydrogen (secondary N) is 1. The Kier molecular flexibility index (Phi) is 3.19. The second kappa shape index (κ2) is 4.00. The quantitative estimate of drug-likeness (QED) is 0.706. The summed E-state index contributed by atoms with van der Waals surface area (Å²) in [6.45, 7) is -0.273. The predicted molar refractivity (Wildman–Crippen MR) is 42.8 cm³/mol. The first-order valence-corrected chi connectivity index (χ1v) is 4.33. The summed E-state index contributed by atoms with van der Waals surface area (Å²) in [6.07, 6.45) is 0.876. The molecule has 1 fully saturated rings. The minimum Gasteiger partial charge on any atom is -0.481 e. The van der Waals surface area contributed by atoms with E-state index in [4.69, 9.17) is 5.11 Å². The first kappa shape index (κ1) is 10.4. The number of halogens is 2. The van der Waals surface area contributed by atoms with Gasteiger partial charge in [-0.15, -0.1) is 0 Å². The molecule has 0 unspecified atom stereocenters. The number of alkyl halides is 2. The van der Waals surface area contributed by atoms with Crippen molar-refractivity contribution in [2.24, 2.45) is 0 Å². The van der Waals surface area contributed by atoms with Crippen LogP contribution in [0.15, 0.2) is 0 Å². The lowest BCUT2D eigenvalue weighted by molar-refractivity contribution is -0.137. The van der Waals surface area contributed by atoms with Crippen LogP contribution in [0.5, 0.6) is 0 Å². The van der Waals surface area contributed by atoms with Gasteiger partial charge in [-0.3, -0.25) is 4.79 Å². The number of hydrogen-bond donors (Lipinski definition) is 2. The summed E-state index contributed by atoms with van der Waals surface area (Å²) in [4.78, 5) is 10.1. The summed E-state index contributed by atoms with van der Waals surface area (Å²) in [6, 6.07) is -0.214. The molecule has 1 aliphatic heterocycles. The lowest BCUT2D eigenvalue weighted by Gasteiger charge is -2.08. The molecule has 0 aromatic carbocycles. The smallest absolute Gasteiger partial charge is 0.303 e. The lowest BCUT2D eigenvalue weighted by Crippen LogP contribution is -2.22. The van der Waals surface area contributed by atoms with Crippen LogP contribution in [0.1, 0.15) is 25.7 Å². The van der Waals surface area contributed by atoms with E-state index in [2.05, 4.69) is 5.32 Å². The molecule has 76 valence electrons.